The zero-order chi connectivity index (χ0) is 13.2. The SMILES string of the molecule is CCc1ccc(-c2csc(N3CCN(C)CC3)n2)s1. The van der Waals surface area contributed by atoms with Gasteiger partial charge in [0.2, 0.25) is 0 Å². The lowest BCUT2D eigenvalue weighted by molar-refractivity contribution is 0.313. The Kier molecular flexibility index (Phi) is 3.86. The highest BCUT2D eigenvalue weighted by Crippen LogP contribution is 2.32. The number of thiophene rings is 1. The predicted octanol–water partition coefficient (Wildman–Crippen LogP) is 3.19. The van der Waals surface area contributed by atoms with Gasteiger partial charge in [-0.15, -0.1) is 22.7 Å². The number of anilines is 1. The molecule has 0 N–H and O–H groups in total. The molecule has 1 saturated heterocycles. The van der Waals surface area contributed by atoms with E-state index in [9.17, 15) is 0 Å². The minimum absolute atomic E-state index is 1.09. The molecule has 0 bridgehead atoms. The molecule has 0 aromatic carbocycles. The first-order chi connectivity index (χ1) is 9.26. The molecule has 0 radical (unpaired) electrons. The van der Waals surface area contributed by atoms with E-state index in [-0.39, 0.29) is 0 Å². The topological polar surface area (TPSA) is 19.4 Å². The van der Waals surface area contributed by atoms with Crippen molar-refractivity contribution in [1.82, 2.24) is 9.88 Å². The van der Waals surface area contributed by atoms with Crippen molar-refractivity contribution >= 4 is 27.8 Å². The largest absolute Gasteiger partial charge is 0.346 e. The van der Waals surface area contributed by atoms with Crippen molar-refractivity contribution < 1.29 is 0 Å². The van der Waals surface area contributed by atoms with E-state index >= 15 is 0 Å². The summed E-state index contributed by atoms with van der Waals surface area (Å²) in [6.45, 7) is 6.65. The number of piperazine rings is 1. The first-order valence-electron chi connectivity index (χ1n) is 6.74. The van der Waals surface area contributed by atoms with E-state index in [1.807, 2.05) is 11.3 Å². The molecule has 3 rings (SSSR count). The van der Waals surface area contributed by atoms with Crippen LogP contribution in [0.15, 0.2) is 17.5 Å². The van der Waals surface area contributed by atoms with Gasteiger partial charge in [-0.1, -0.05) is 6.92 Å². The summed E-state index contributed by atoms with van der Waals surface area (Å²) in [4.78, 5) is 12.3. The van der Waals surface area contributed by atoms with Gasteiger partial charge in [-0.05, 0) is 25.6 Å². The van der Waals surface area contributed by atoms with E-state index in [4.69, 9.17) is 4.98 Å². The highest BCUT2D eigenvalue weighted by atomic mass is 32.1. The monoisotopic (exact) mass is 293 g/mol. The molecule has 5 heteroatoms. The number of thiazole rings is 1. The van der Waals surface area contributed by atoms with E-state index in [0.29, 0.717) is 0 Å². The Bertz CT molecular complexity index is 538. The van der Waals surface area contributed by atoms with Gasteiger partial charge in [0.25, 0.3) is 0 Å². The van der Waals surface area contributed by atoms with Gasteiger partial charge < -0.3 is 9.80 Å². The van der Waals surface area contributed by atoms with Crippen LogP contribution < -0.4 is 4.90 Å². The average Bonchev–Trinajstić information content (AvgIpc) is 3.08. The summed E-state index contributed by atoms with van der Waals surface area (Å²) in [6.07, 6.45) is 1.11. The first-order valence-corrected chi connectivity index (χ1v) is 8.44. The summed E-state index contributed by atoms with van der Waals surface area (Å²) in [7, 11) is 2.18. The smallest absolute Gasteiger partial charge is 0.185 e. The van der Waals surface area contributed by atoms with Gasteiger partial charge in [-0.25, -0.2) is 4.98 Å². The normalized spacial score (nSPS) is 17.1. The van der Waals surface area contributed by atoms with Crippen LogP contribution in [-0.2, 0) is 6.42 Å². The van der Waals surface area contributed by atoms with Gasteiger partial charge in [0.05, 0.1) is 10.6 Å². The molecule has 0 unspecified atom stereocenters. The number of nitrogens with zero attached hydrogens (tertiary/aromatic N) is 3. The van der Waals surface area contributed by atoms with Crippen LogP contribution in [0, 0.1) is 0 Å². The summed E-state index contributed by atoms with van der Waals surface area (Å²) in [5, 5.41) is 3.37. The van der Waals surface area contributed by atoms with Crippen molar-refractivity contribution in [2.45, 2.75) is 13.3 Å². The third-order valence-electron chi connectivity index (χ3n) is 3.53. The Hall–Kier alpha value is -0.910. The van der Waals surface area contributed by atoms with Crippen LogP contribution in [0.3, 0.4) is 0 Å². The van der Waals surface area contributed by atoms with Crippen molar-refractivity contribution in [3.05, 3.63) is 22.4 Å². The molecule has 2 aromatic rings. The number of rotatable bonds is 3. The van der Waals surface area contributed by atoms with Crippen molar-refractivity contribution in [3.8, 4) is 10.6 Å². The molecule has 0 spiro atoms. The molecule has 0 atom stereocenters. The first kappa shape index (κ1) is 13.1. The molecule has 2 aromatic heterocycles. The Morgan fingerprint density at radius 2 is 2.00 bits per heavy atom. The maximum absolute atomic E-state index is 4.81. The quantitative estimate of drug-likeness (QED) is 0.866. The number of likely N-dealkylation sites (N-methyl/N-ethyl adjacent to an activating group) is 1. The summed E-state index contributed by atoms with van der Waals surface area (Å²) in [5.41, 5.74) is 1.14. The van der Waals surface area contributed by atoms with Crippen LogP contribution in [0.25, 0.3) is 10.6 Å². The van der Waals surface area contributed by atoms with Crippen molar-refractivity contribution in [1.29, 1.82) is 0 Å². The Morgan fingerprint density at radius 3 is 2.68 bits per heavy atom. The average molecular weight is 293 g/mol. The fraction of sp³-hybridized carbons (Fsp3) is 0.500. The minimum atomic E-state index is 1.09. The summed E-state index contributed by atoms with van der Waals surface area (Å²) in [5.74, 6) is 0. The lowest BCUT2D eigenvalue weighted by Gasteiger charge is -2.32. The summed E-state index contributed by atoms with van der Waals surface area (Å²) >= 11 is 3.64. The lowest BCUT2D eigenvalue weighted by atomic mass is 10.3. The summed E-state index contributed by atoms with van der Waals surface area (Å²) in [6, 6.07) is 4.42. The predicted molar refractivity (Wildman–Crippen MR) is 84.5 cm³/mol. The van der Waals surface area contributed by atoms with E-state index < -0.39 is 0 Å². The van der Waals surface area contributed by atoms with Crippen LogP contribution in [-0.4, -0.2) is 43.1 Å². The second-order valence-electron chi connectivity index (χ2n) is 4.93. The minimum Gasteiger partial charge on any atom is -0.346 e. The van der Waals surface area contributed by atoms with Gasteiger partial charge >= 0.3 is 0 Å². The molecule has 1 aliphatic rings. The second kappa shape index (κ2) is 5.61. The molecule has 0 amide bonds. The van der Waals surface area contributed by atoms with Gasteiger partial charge in [-0.2, -0.15) is 0 Å². The van der Waals surface area contributed by atoms with E-state index in [1.165, 1.54) is 14.9 Å². The molecule has 1 fully saturated rings. The zero-order valence-corrected chi connectivity index (χ0v) is 13.1. The fourth-order valence-electron chi connectivity index (χ4n) is 2.23. The fourth-order valence-corrected chi connectivity index (χ4v) is 4.09. The van der Waals surface area contributed by atoms with Crippen LogP contribution in [0.1, 0.15) is 11.8 Å². The van der Waals surface area contributed by atoms with Crippen LogP contribution in [0.4, 0.5) is 5.13 Å². The number of hydrogen-bond acceptors (Lipinski definition) is 5. The van der Waals surface area contributed by atoms with Crippen LogP contribution in [0.5, 0.6) is 0 Å². The molecular weight excluding hydrogens is 274 g/mol. The second-order valence-corrected chi connectivity index (χ2v) is 6.93. The molecule has 1 aliphatic heterocycles. The molecular formula is C14H19N3S2. The Balaban J connectivity index is 1.75. The number of aromatic nitrogens is 1. The standard InChI is InChI=1S/C14H19N3S2/c1-3-11-4-5-13(19-11)12-10-18-14(15-12)17-8-6-16(2)7-9-17/h4-5,10H,3,6-9H2,1-2H3. The molecule has 0 aliphatic carbocycles. The van der Waals surface area contributed by atoms with Crippen LogP contribution in [0.2, 0.25) is 0 Å². The number of aryl methyl sites for hydroxylation is 1. The Labute approximate surface area is 122 Å². The third-order valence-corrected chi connectivity index (χ3v) is 5.68. The molecule has 0 saturated carbocycles. The lowest BCUT2D eigenvalue weighted by Crippen LogP contribution is -2.44. The third kappa shape index (κ3) is 2.83. The van der Waals surface area contributed by atoms with E-state index in [0.717, 1.165) is 38.3 Å². The number of hydrogen-bond donors (Lipinski definition) is 0. The van der Waals surface area contributed by atoms with Crippen molar-refractivity contribution in [3.63, 3.8) is 0 Å². The molecule has 3 heterocycles. The van der Waals surface area contributed by atoms with Crippen molar-refractivity contribution in [2.24, 2.45) is 0 Å². The summed E-state index contributed by atoms with van der Waals surface area (Å²) < 4.78 is 0. The Morgan fingerprint density at radius 1 is 1.21 bits per heavy atom. The highest BCUT2D eigenvalue weighted by Gasteiger charge is 2.17. The maximum atomic E-state index is 4.81. The van der Waals surface area contributed by atoms with Gasteiger partial charge in [0, 0.05) is 36.4 Å². The molecule has 3 nitrogen and oxygen atoms in total. The van der Waals surface area contributed by atoms with Gasteiger partial charge in [0.1, 0.15) is 0 Å². The molecule has 19 heavy (non-hydrogen) atoms. The van der Waals surface area contributed by atoms with Gasteiger partial charge in [0.15, 0.2) is 5.13 Å². The van der Waals surface area contributed by atoms with E-state index in [1.54, 1.807) is 11.3 Å². The molecule has 102 valence electrons. The van der Waals surface area contributed by atoms with Crippen LogP contribution >= 0.6 is 22.7 Å². The van der Waals surface area contributed by atoms with E-state index in [2.05, 4.69) is 41.3 Å². The van der Waals surface area contributed by atoms with Gasteiger partial charge in [-0.3, -0.25) is 0 Å². The maximum Gasteiger partial charge on any atom is 0.185 e. The van der Waals surface area contributed by atoms with Crippen molar-refractivity contribution in [2.75, 3.05) is 38.1 Å². The highest BCUT2D eigenvalue weighted by molar-refractivity contribution is 7.17. The zero-order valence-electron chi connectivity index (χ0n) is 11.4.